The third kappa shape index (κ3) is 1.63. The number of halogens is 1. The second-order valence-corrected chi connectivity index (χ2v) is 4.06. The van der Waals surface area contributed by atoms with Gasteiger partial charge in [-0.15, -0.1) is 0 Å². The molecule has 13 heavy (non-hydrogen) atoms. The number of hydrogen-bond acceptors (Lipinski definition) is 1. The van der Waals surface area contributed by atoms with Gasteiger partial charge in [0, 0.05) is 10.0 Å². The summed E-state index contributed by atoms with van der Waals surface area (Å²) in [7, 11) is 0. The first-order chi connectivity index (χ1) is 6.31. The topological polar surface area (TPSA) is 9.23 Å². The van der Waals surface area contributed by atoms with Crippen LogP contribution in [0.5, 0.6) is 5.75 Å². The summed E-state index contributed by atoms with van der Waals surface area (Å²) in [6.07, 6.45) is 4.06. The fraction of sp³-hybridized carbons (Fsp3) is 0.273. The lowest BCUT2D eigenvalue weighted by Gasteiger charge is -2.19. The number of fused-ring (bicyclic) bond motifs is 1. The molecular weight excluding hydrogens is 228 g/mol. The Labute approximate surface area is 86.5 Å². The van der Waals surface area contributed by atoms with E-state index in [9.17, 15) is 0 Å². The molecule has 0 bridgehead atoms. The number of hydrogen-bond donors (Lipinski definition) is 0. The highest BCUT2D eigenvalue weighted by molar-refractivity contribution is 9.10. The highest BCUT2D eigenvalue weighted by atomic mass is 79.9. The maximum absolute atomic E-state index is 5.61. The van der Waals surface area contributed by atoms with Crippen molar-refractivity contribution >= 4 is 22.0 Å². The molecular formula is C11H11BrO. The van der Waals surface area contributed by atoms with E-state index >= 15 is 0 Å². The Kier molecular flexibility index (Phi) is 2.40. The third-order valence-electron chi connectivity index (χ3n) is 2.22. The SMILES string of the molecule is C=Cc1cc(Br)cc2c1OCCC2. The lowest BCUT2D eigenvalue weighted by Crippen LogP contribution is -2.09. The predicted octanol–water partition coefficient (Wildman–Crippen LogP) is 3.42. The summed E-state index contributed by atoms with van der Waals surface area (Å²) in [4.78, 5) is 0. The molecule has 0 spiro atoms. The Morgan fingerprint density at radius 3 is 3.08 bits per heavy atom. The summed E-state index contributed by atoms with van der Waals surface area (Å²) < 4.78 is 6.71. The van der Waals surface area contributed by atoms with Crippen molar-refractivity contribution in [3.8, 4) is 5.75 Å². The molecule has 2 rings (SSSR count). The van der Waals surface area contributed by atoms with Gasteiger partial charge in [-0.25, -0.2) is 0 Å². The number of ether oxygens (including phenoxy) is 1. The Balaban J connectivity index is 2.56. The van der Waals surface area contributed by atoms with Crippen LogP contribution in [0, 0.1) is 0 Å². The Bertz CT molecular complexity index is 344. The number of aryl methyl sites for hydroxylation is 1. The molecule has 0 saturated heterocycles. The average Bonchev–Trinajstić information content (AvgIpc) is 2.16. The van der Waals surface area contributed by atoms with Gasteiger partial charge in [0.1, 0.15) is 5.75 Å². The molecule has 0 unspecified atom stereocenters. The molecule has 1 heterocycles. The van der Waals surface area contributed by atoms with Crippen LogP contribution >= 0.6 is 15.9 Å². The minimum Gasteiger partial charge on any atom is -0.493 e. The van der Waals surface area contributed by atoms with Gasteiger partial charge in [-0.3, -0.25) is 0 Å². The van der Waals surface area contributed by atoms with Crippen LogP contribution in [0.2, 0.25) is 0 Å². The van der Waals surface area contributed by atoms with Gasteiger partial charge in [0.2, 0.25) is 0 Å². The smallest absolute Gasteiger partial charge is 0.129 e. The molecule has 1 aromatic carbocycles. The van der Waals surface area contributed by atoms with E-state index in [-0.39, 0.29) is 0 Å². The van der Waals surface area contributed by atoms with E-state index < -0.39 is 0 Å². The van der Waals surface area contributed by atoms with Crippen molar-refractivity contribution in [3.05, 3.63) is 34.3 Å². The average molecular weight is 239 g/mol. The highest BCUT2D eigenvalue weighted by Gasteiger charge is 2.13. The monoisotopic (exact) mass is 238 g/mol. The minimum absolute atomic E-state index is 0.829. The molecule has 68 valence electrons. The molecule has 0 fully saturated rings. The molecule has 1 nitrogen and oxygen atoms in total. The lowest BCUT2D eigenvalue weighted by molar-refractivity contribution is 0.287. The van der Waals surface area contributed by atoms with Gasteiger partial charge in [-0.2, -0.15) is 0 Å². The molecule has 0 N–H and O–H groups in total. The summed E-state index contributed by atoms with van der Waals surface area (Å²) >= 11 is 3.48. The zero-order valence-electron chi connectivity index (χ0n) is 7.35. The van der Waals surface area contributed by atoms with Crippen LogP contribution in [0.3, 0.4) is 0 Å². The van der Waals surface area contributed by atoms with E-state index in [1.54, 1.807) is 0 Å². The van der Waals surface area contributed by atoms with Gasteiger partial charge in [0.05, 0.1) is 6.61 Å². The van der Waals surface area contributed by atoms with Crippen molar-refractivity contribution in [3.63, 3.8) is 0 Å². The van der Waals surface area contributed by atoms with Crippen LogP contribution in [0.4, 0.5) is 0 Å². The maximum Gasteiger partial charge on any atom is 0.129 e. The van der Waals surface area contributed by atoms with Crippen LogP contribution in [0.25, 0.3) is 6.08 Å². The van der Waals surface area contributed by atoms with Crippen LogP contribution in [-0.4, -0.2) is 6.61 Å². The Morgan fingerprint density at radius 1 is 1.46 bits per heavy atom. The largest absolute Gasteiger partial charge is 0.493 e. The van der Waals surface area contributed by atoms with Crippen molar-refractivity contribution in [1.82, 2.24) is 0 Å². The standard InChI is InChI=1S/C11H11BrO/c1-2-8-6-10(12)7-9-4-3-5-13-11(8)9/h2,6-7H,1,3-5H2. The van der Waals surface area contributed by atoms with Crippen LogP contribution in [0.1, 0.15) is 17.5 Å². The molecule has 1 aromatic rings. The molecule has 1 aliphatic heterocycles. The van der Waals surface area contributed by atoms with Gasteiger partial charge in [-0.05, 0) is 30.5 Å². The fourth-order valence-corrected chi connectivity index (χ4v) is 2.15. The summed E-state index contributed by atoms with van der Waals surface area (Å²) in [6.45, 7) is 4.61. The second-order valence-electron chi connectivity index (χ2n) is 3.14. The summed E-state index contributed by atoms with van der Waals surface area (Å²) in [6, 6.07) is 4.17. The molecule has 1 aliphatic rings. The van der Waals surface area contributed by atoms with E-state index in [0.29, 0.717) is 0 Å². The summed E-state index contributed by atoms with van der Waals surface area (Å²) in [5, 5.41) is 0. The third-order valence-corrected chi connectivity index (χ3v) is 2.67. The Hall–Kier alpha value is -0.760. The zero-order valence-corrected chi connectivity index (χ0v) is 8.93. The van der Waals surface area contributed by atoms with Crippen LogP contribution in [0.15, 0.2) is 23.2 Å². The number of rotatable bonds is 1. The maximum atomic E-state index is 5.61. The van der Waals surface area contributed by atoms with Crippen LogP contribution in [-0.2, 0) is 6.42 Å². The van der Waals surface area contributed by atoms with Crippen molar-refractivity contribution in [2.75, 3.05) is 6.61 Å². The fourth-order valence-electron chi connectivity index (χ4n) is 1.62. The molecule has 0 radical (unpaired) electrons. The molecule has 0 atom stereocenters. The van der Waals surface area contributed by atoms with Crippen molar-refractivity contribution in [2.24, 2.45) is 0 Å². The van der Waals surface area contributed by atoms with Gasteiger partial charge in [-0.1, -0.05) is 28.6 Å². The van der Waals surface area contributed by atoms with Gasteiger partial charge in [0.25, 0.3) is 0 Å². The summed E-state index contributed by atoms with van der Waals surface area (Å²) in [5.41, 5.74) is 2.37. The van der Waals surface area contributed by atoms with E-state index in [0.717, 1.165) is 35.2 Å². The molecule has 0 aliphatic carbocycles. The van der Waals surface area contributed by atoms with E-state index in [1.807, 2.05) is 12.1 Å². The van der Waals surface area contributed by atoms with Crippen LogP contribution < -0.4 is 4.74 Å². The van der Waals surface area contributed by atoms with Crippen molar-refractivity contribution < 1.29 is 4.74 Å². The molecule has 2 heteroatoms. The second kappa shape index (κ2) is 3.54. The molecule has 0 aromatic heterocycles. The summed E-state index contributed by atoms with van der Waals surface area (Å²) in [5.74, 6) is 1.02. The van der Waals surface area contributed by atoms with Gasteiger partial charge < -0.3 is 4.74 Å². The minimum atomic E-state index is 0.829. The molecule has 0 amide bonds. The Morgan fingerprint density at radius 2 is 2.31 bits per heavy atom. The van der Waals surface area contributed by atoms with Crippen molar-refractivity contribution in [2.45, 2.75) is 12.8 Å². The first kappa shape index (κ1) is 8.82. The molecule has 0 saturated carbocycles. The first-order valence-corrected chi connectivity index (χ1v) is 5.18. The van der Waals surface area contributed by atoms with E-state index in [1.165, 1.54) is 5.56 Å². The predicted molar refractivity (Wildman–Crippen MR) is 58.0 cm³/mol. The normalized spacial score (nSPS) is 14.5. The zero-order chi connectivity index (χ0) is 9.26. The van der Waals surface area contributed by atoms with E-state index in [4.69, 9.17) is 4.74 Å². The lowest BCUT2D eigenvalue weighted by atomic mass is 10.0. The first-order valence-electron chi connectivity index (χ1n) is 4.39. The van der Waals surface area contributed by atoms with E-state index in [2.05, 4.69) is 28.6 Å². The van der Waals surface area contributed by atoms with Gasteiger partial charge in [0.15, 0.2) is 0 Å². The van der Waals surface area contributed by atoms with Crippen molar-refractivity contribution in [1.29, 1.82) is 0 Å². The quantitative estimate of drug-likeness (QED) is 0.729. The highest BCUT2D eigenvalue weighted by Crippen LogP contribution is 2.32. The number of benzene rings is 1. The van der Waals surface area contributed by atoms with Gasteiger partial charge >= 0.3 is 0 Å².